The summed E-state index contributed by atoms with van der Waals surface area (Å²) in [5, 5.41) is 15.4. The number of aromatic nitrogens is 1. The van der Waals surface area contributed by atoms with Gasteiger partial charge in [0.2, 0.25) is 5.96 Å². The molecule has 256 valence electrons. The molecule has 1 saturated heterocycles. The van der Waals surface area contributed by atoms with E-state index in [4.69, 9.17) is 40.5 Å². The molecule has 1 aromatic heterocycles. The Balaban J connectivity index is 1.24. The molecule has 0 aliphatic carbocycles. The molecule has 2 N–H and O–H groups in total. The second-order valence-corrected chi connectivity index (χ2v) is 12.3. The number of unbranched alkanes of at least 4 members (excludes halogenated alkanes) is 3. The molecule has 2 heterocycles. The molecule has 1 aliphatic heterocycles. The zero-order valence-corrected chi connectivity index (χ0v) is 28.2. The lowest BCUT2D eigenvalue weighted by atomic mass is 10.1. The van der Waals surface area contributed by atoms with Crippen molar-refractivity contribution in [2.75, 3.05) is 44.8 Å². The van der Waals surface area contributed by atoms with Gasteiger partial charge in [0.25, 0.3) is 6.73 Å². The Morgan fingerprint density at radius 3 is 2.38 bits per heavy atom. The molecule has 1 fully saturated rings. The Hall–Kier alpha value is -4.28. The standard InChI is InChI=1S/C33H45ClN6O7/c1-33(2,3)47-31(41)40-19-14-29(15-20-40)44-22-23-45-32(42)46-25-39-17-12-27(13-18-39)38-30(37-24-35)36-16-6-4-5-7-21-43-28-10-8-26(34)9-11-28/h8-13,17-18,29H,4-7,14-16,19-23,25H2,1-3H3,(H,36,37)/p+1. The Morgan fingerprint density at radius 2 is 1.70 bits per heavy atom. The van der Waals surface area contributed by atoms with Crippen molar-refractivity contribution in [1.82, 2.24) is 10.2 Å². The molecule has 14 heteroatoms. The highest BCUT2D eigenvalue weighted by Crippen LogP contribution is 2.18. The smallest absolute Gasteiger partial charge is 0.494 e. The van der Waals surface area contributed by atoms with Crippen molar-refractivity contribution in [3.8, 4) is 11.9 Å². The molecule has 13 nitrogen and oxygen atoms in total. The van der Waals surface area contributed by atoms with Crippen molar-refractivity contribution < 1.29 is 37.8 Å². The third-order valence-corrected chi connectivity index (χ3v) is 7.07. The monoisotopic (exact) mass is 673 g/mol. The Labute approximate surface area is 281 Å². The number of guanidine groups is 1. The second-order valence-electron chi connectivity index (χ2n) is 11.8. The number of likely N-dealkylation sites (tertiary alicyclic amines) is 1. The van der Waals surface area contributed by atoms with Crippen molar-refractivity contribution in [2.24, 2.45) is 4.99 Å². The summed E-state index contributed by atoms with van der Waals surface area (Å²) < 4.78 is 28.8. The fraction of sp³-hybridized carbons (Fsp3) is 0.545. The first-order valence-corrected chi connectivity index (χ1v) is 16.2. The summed E-state index contributed by atoms with van der Waals surface area (Å²) in [5.41, 5.74) is 0.182. The number of halogens is 1. The fourth-order valence-electron chi connectivity index (χ4n) is 4.45. The van der Waals surface area contributed by atoms with Gasteiger partial charge in [-0.1, -0.05) is 18.0 Å². The number of ether oxygens (including phenoxy) is 5. The maximum Gasteiger partial charge on any atom is 0.513 e. The molecule has 1 aliphatic rings. The lowest BCUT2D eigenvalue weighted by Crippen LogP contribution is -2.43. The van der Waals surface area contributed by atoms with Crippen LogP contribution in [0.5, 0.6) is 5.75 Å². The first kappa shape index (κ1) is 37.2. The zero-order valence-electron chi connectivity index (χ0n) is 27.4. The van der Waals surface area contributed by atoms with Crippen LogP contribution in [-0.4, -0.2) is 74.3 Å². The molecule has 3 rings (SSSR count). The van der Waals surface area contributed by atoms with E-state index in [-0.39, 0.29) is 32.1 Å². The summed E-state index contributed by atoms with van der Waals surface area (Å²) >= 11 is 5.88. The minimum atomic E-state index is -0.801. The van der Waals surface area contributed by atoms with Gasteiger partial charge in [-0.3, -0.25) is 10.3 Å². The van der Waals surface area contributed by atoms with E-state index in [9.17, 15) is 9.59 Å². The molecule has 1 aromatic carbocycles. The number of nitrogens with one attached hydrogen (secondary N) is 2. The SMILES string of the molecule is CC(C)(C)OC(=O)N1CCC(OCCOC(=O)OC[n+]2ccc(NC(=NCCCCCCOc3ccc(Cl)cc3)NC#N)cc2)CC1. The maximum atomic E-state index is 12.2. The van der Waals surface area contributed by atoms with Gasteiger partial charge >= 0.3 is 12.2 Å². The summed E-state index contributed by atoms with van der Waals surface area (Å²) in [7, 11) is 0. The third kappa shape index (κ3) is 15.7. The average molecular weight is 674 g/mol. The molecule has 2 aromatic rings. The number of benzene rings is 1. The van der Waals surface area contributed by atoms with Crippen LogP contribution in [0.15, 0.2) is 53.8 Å². The minimum Gasteiger partial charge on any atom is -0.494 e. The molecule has 0 unspecified atom stereocenters. The number of rotatable bonds is 15. The molecule has 47 heavy (non-hydrogen) atoms. The van der Waals surface area contributed by atoms with E-state index >= 15 is 0 Å². The third-order valence-electron chi connectivity index (χ3n) is 6.81. The first-order chi connectivity index (χ1) is 22.6. The van der Waals surface area contributed by atoms with Gasteiger partial charge in [0.15, 0.2) is 18.6 Å². The van der Waals surface area contributed by atoms with Crippen molar-refractivity contribution in [3.63, 3.8) is 0 Å². The van der Waals surface area contributed by atoms with Gasteiger partial charge in [-0.15, -0.1) is 0 Å². The van der Waals surface area contributed by atoms with Crippen LogP contribution < -0.4 is 19.9 Å². The number of carbonyl (C=O) groups is 2. The lowest BCUT2D eigenvalue weighted by molar-refractivity contribution is -0.727. The first-order valence-electron chi connectivity index (χ1n) is 15.8. The minimum absolute atomic E-state index is 0.0118. The molecule has 0 atom stereocenters. The van der Waals surface area contributed by atoms with Crippen LogP contribution in [-0.2, 0) is 25.7 Å². The van der Waals surface area contributed by atoms with Crippen molar-refractivity contribution in [2.45, 2.75) is 77.7 Å². The largest absolute Gasteiger partial charge is 0.513 e. The van der Waals surface area contributed by atoms with Gasteiger partial charge in [-0.25, -0.2) is 9.59 Å². The van der Waals surface area contributed by atoms with E-state index in [2.05, 4.69) is 15.6 Å². The summed E-state index contributed by atoms with van der Waals surface area (Å²) in [6, 6.07) is 10.9. The highest BCUT2D eigenvalue weighted by atomic mass is 35.5. The van der Waals surface area contributed by atoms with E-state index in [1.54, 1.807) is 46.1 Å². The Kier molecular flexibility index (Phi) is 15.9. The van der Waals surface area contributed by atoms with Crippen LogP contribution in [0, 0.1) is 11.5 Å². The van der Waals surface area contributed by atoms with Crippen molar-refractivity contribution in [3.05, 3.63) is 53.8 Å². The Bertz CT molecular complexity index is 1300. The lowest BCUT2D eigenvalue weighted by Gasteiger charge is -2.33. The fourth-order valence-corrected chi connectivity index (χ4v) is 4.57. The van der Waals surface area contributed by atoms with Crippen molar-refractivity contribution >= 4 is 35.5 Å². The number of pyridine rings is 1. The van der Waals surface area contributed by atoms with Crippen LogP contribution in [0.3, 0.4) is 0 Å². The highest BCUT2D eigenvalue weighted by Gasteiger charge is 2.27. The zero-order chi connectivity index (χ0) is 33.9. The summed E-state index contributed by atoms with van der Waals surface area (Å²) in [6.45, 7) is 8.11. The van der Waals surface area contributed by atoms with Gasteiger partial charge in [0, 0.05) is 36.8 Å². The highest BCUT2D eigenvalue weighted by molar-refractivity contribution is 6.30. The van der Waals surface area contributed by atoms with Gasteiger partial charge in [0.05, 0.1) is 25.0 Å². The molecule has 0 saturated carbocycles. The molecular formula is C33H46ClN6O7+. The van der Waals surface area contributed by atoms with Gasteiger partial charge < -0.3 is 33.9 Å². The number of aliphatic imine (C=N–C) groups is 1. The van der Waals surface area contributed by atoms with Crippen LogP contribution >= 0.6 is 11.6 Å². The molecule has 0 spiro atoms. The quantitative estimate of drug-likeness (QED) is 0.0463. The molecular weight excluding hydrogens is 628 g/mol. The Morgan fingerprint density at radius 1 is 1.00 bits per heavy atom. The summed E-state index contributed by atoms with van der Waals surface area (Å²) in [4.78, 5) is 30.3. The van der Waals surface area contributed by atoms with Crippen LogP contribution in [0.2, 0.25) is 5.02 Å². The number of amides is 1. The number of nitriles is 1. The number of hydrogen-bond donors (Lipinski definition) is 2. The predicted octanol–water partition coefficient (Wildman–Crippen LogP) is 5.63. The molecule has 0 radical (unpaired) electrons. The molecule has 0 bridgehead atoms. The van der Waals surface area contributed by atoms with Crippen molar-refractivity contribution in [1.29, 1.82) is 5.26 Å². The number of hydrogen-bond acceptors (Lipinski definition) is 9. The van der Waals surface area contributed by atoms with E-state index in [1.165, 1.54) is 0 Å². The predicted molar refractivity (Wildman–Crippen MR) is 176 cm³/mol. The normalized spacial score (nSPS) is 13.8. The van der Waals surface area contributed by atoms with Crippen LogP contribution in [0.1, 0.15) is 59.3 Å². The number of carbonyl (C=O) groups excluding carboxylic acids is 2. The van der Waals surface area contributed by atoms with Gasteiger partial charge in [-0.2, -0.15) is 9.83 Å². The van der Waals surface area contributed by atoms with E-state index in [0.29, 0.717) is 55.8 Å². The number of anilines is 1. The molecule has 1 amide bonds. The summed E-state index contributed by atoms with van der Waals surface area (Å²) in [5.74, 6) is 1.16. The average Bonchev–Trinajstić information content (AvgIpc) is 3.04. The van der Waals surface area contributed by atoms with Crippen LogP contribution in [0.25, 0.3) is 0 Å². The van der Waals surface area contributed by atoms with E-state index in [1.807, 2.05) is 39.1 Å². The number of piperidine rings is 1. The van der Waals surface area contributed by atoms with E-state index < -0.39 is 11.8 Å². The van der Waals surface area contributed by atoms with Gasteiger partial charge in [0.1, 0.15) is 18.0 Å². The topological polar surface area (TPSA) is 148 Å². The maximum absolute atomic E-state index is 12.2. The van der Waals surface area contributed by atoms with Gasteiger partial charge in [-0.05, 0) is 77.1 Å². The summed E-state index contributed by atoms with van der Waals surface area (Å²) in [6.07, 6.45) is 9.41. The van der Waals surface area contributed by atoms with Crippen LogP contribution in [0.4, 0.5) is 15.3 Å². The number of nitrogens with zero attached hydrogens (tertiary/aromatic N) is 4. The second kappa shape index (κ2) is 20.1. The van der Waals surface area contributed by atoms with E-state index in [0.717, 1.165) is 31.4 Å².